The quantitative estimate of drug-likeness (QED) is 0.524. The summed E-state index contributed by atoms with van der Waals surface area (Å²) < 4.78 is 0. The maximum Gasteiger partial charge on any atom is 0.184 e. The summed E-state index contributed by atoms with van der Waals surface area (Å²) in [6.07, 6.45) is 1.85. The first-order chi connectivity index (χ1) is 5.95. The molecule has 0 aliphatic heterocycles. The van der Waals surface area contributed by atoms with E-state index in [0.29, 0.717) is 0 Å². The number of ketones is 1. The van der Waals surface area contributed by atoms with Crippen molar-refractivity contribution in [1.29, 1.82) is 0 Å². The zero-order valence-corrected chi connectivity index (χ0v) is 8.26. The van der Waals surface area contributed by atoms with E-state index in [1.54, 1.807) is 0 Å². The Morgan fingerprint density at radius 1 is 1.38 bits per heavy atom. The van der Waals surface area contributed by atoms with Gasteiger partial charge in [-0.2, -0.15) is 0 Å². The molecule has 0 N–H and O–H groups in total. The molecule has 0 saturated heterocycles. The first-order valence-corrected chi connectivity index (χ1v) is 4.70. The zero-order valence-electron chi connectivity index (χ0n) is 8.26. The second-order valence-corrected chi connectivity index (χ2v) is 4.95. The maximum atomic E-state index is 11.7. The summed E-state index contributed by atoms with van der Waals surface area (Å²) in [5.74, 6) is 0.0268. The molecule has 13 heavy (non-hydrogen) atoms. The summed E-state index contributed by atoms with van der Waals surface area (Å²) in [7, 11) is 0. The fourth-order valence-electron chi connectivity index (χ4n) is 2.97. The molecular weight excluding hydrogens is 166 g/mol. The summed E-state index contributed by atoms with van der Waals surface area (Å²) in [6.45, 7) is 6.14. The fraction of sp³-hybridized carbons (Fsp3) is 0.800. The van der Waals surface area contributed by atoms with E-state index >= 15 is 0 Å². The van der Waals surface area contributed by atoms with Crippen molar-refractivity contribution < 1.29 is 10.0 Å². The minimum absolute atomic E-state index is 0.00579. The van der Waals surface area contributed by atoms with Crippen molar-refractivity contribution in [2.24, 2.45) is 21.9 Å². The van der Waals surface area contributed by atoms with Crippen molar-refractivity contribution in [3.05, 3.63) is 0 Å². The van der Waals surface area contributed by atoms with Crippen molar-refractivity contribution in [3.8, 4) is 0 Å². The van der Waals surface area contributed by atoms with Gasteiger partial charge in [0.1, 0.15) is 5.71 Å². The van der Waals surface area contributed by atoms with Crippen molar-refractivity contribution in [1.82, 2.24) is 0 Å². The smallest absolute Gasteiger partial charge is 0.184 e. The van der Waals surface area contributed by atoms with Crippen molar-refractivity contribution in [3.63, 3.8) is 0 Å². The summed E-state index contributed by atoms with van der Waals surface area (Å²) in [5, 5.41) is 13.5. The van der Waals surface area contributed by atoms with Gasteiger partial charge in [-0.1, -0.05) is 20.8 Å². The molecule has 0 amide bonds. The van der Waals surface area contributed by atoms with Gasteiger partial charge in [-0.05, 0) is 23.4 Å². The largest absolute Gasteiger partial charge is 0.292 e. The first-order valence-electron chi connectivity index (χ1n) is 4.70. The van der Waals surface area contributed by atoms with Crippen molar-refractivity contribution >= 4 is 11.5 Å². The van der Waals surface area contributed by atoms with Gasteiger partial charge in [0.05, 0.1) is 0 Å². The molecule has 0 unspecified atom stereocenters. The Hall–Kier alpha value is -0.860. The number of carbonyl (C=O) groups excluding carboxylic acids is 1. The van der Waals surface area contributed by atoms with Crippen LogP contribution in [0.25, 0.3) is 0 Å². The highest BCUT2D eigenvalue weighted by atomic mass is 16.4. The summed E-state index contributed by atoms with van der Waals surface area (Å²) >= 11 is 0. The van der Waals surface area contributed by atoms with E-state index in [1.807, 2.05) is 6.92 Å². The van der Waals surface area contributed by atoms with Gasteiger partial charge < -0.3 is 0 Å². The summed E-state index contributed by atoms with van der Waals surface area (Å²) in [6, 6.07) is 0. The van der Waals surface area contributed by atoms with Gasteiger partial charge >= 0.3 is 0 Å². The number of hydrogen-bond acceptors (Lipinski definition) is 2. The van der Waals surface area contributed by atoms with E-state index in [4.69, 9.17) is 0 Å². The molecule has 2 bridgehead atoms. The molecule has 3 nitrogen and oxygen atoms in total. The van der Waals surface area contributed by atoms with E-state index in [1.165, 1.54) is 0 Å². The van der Waals surface area contributed by atoms with E-state index in [0.717, 1.165) is 12.8 Å². The van der Waals surface area contributed by atoms with Gasteiger partial charge in [0.25, 0.3) is 0 Å². The monoisotopic (exact) mass is 180 g/mol. The number of carbonyl (C=O) groups is 1. The van der Waals surface area contributed by atoms with Gasteiger partial charge in [0, 0.05) is 11.3 Å². The highest BCUT2D eigenvalue weighted by molar-refractivity contribution is 6.45. The van der Waals surface area contributed by atoms with Crippen molar-refractivity contribution in [2.75, 3.05) is 0 Å². The second kappa shape index (κ2) is 2.14. The lowest BCUT2D eigenvalue weighted by Crippen LogP contribution is -2.33. The van der Waals surface area contributed by atoms with E-state index < -0.39 is 0 Å². The highest BCUT2D eigenvalue weighted by Crippen LogP contribution is 2.62. The molecule has 0 heterocycles. The third-order valence-corrected chi connectivity index (χ3v) is 4.39. The van der Waals surface area contributed by atoms with Crippen LogP contribution in [0.2, 0.25) is 0 Å². The van der Waals surface area contributed by atoms with Crippen LogP contribution in [0, 0.1) is 16.7 Å². The second-order valence-electron chi connectivity index (χ2n) is 4.95. The molecule has 2 saturated carbocycles. The number of nitrogens with zero attached hydrogens (tertiary/aromatic N) is 1. The van der Waals surface area contributed by atoms with Crippen LogP contribution >= 0.6 is 0 Å². The molecule has 2 aliphatic rings. The standard InChI is InChI=1S/C10H14NO2/c1-9(2)6-4-5-10(9,3)8(11-13)7(6)12/h6H,4-5H2,1-3H3/b11-8-/t6-,10+/m1/s1. The van der Waals surface area contributed by atoms with Gasteiger partial charge in [0.15, 0.2) is 5.78 Å². The number of fused-ring (bicyclic) bond motifs is 2. The molecule has 2 rings (SSSR count). The molecule has 2 fully saturated rings. The van der Waals surface area contributed by atoms with Crippen LogP contribution in [0.5, 0.6) is 0 Å². The highest BCUT2D eigenvalue weighted by Gasteiger charge is 2.65. The fourth-order valence-corrected chi connectivity index (χ4v) is 2.97. The molecule has 0 aromatic rings. The van der Waals surface area contributed by atoms with E-state index in [-0.39, 0.29) is 28.2 Å². The van der Waals surface area contributed by atoms with E-state index in [2.05, 4.69) is 19.0 Å². The third-order valence-electron chi connectivity index (χ3n) is 4.39. The first kappa shape index (κ1) is 8.73. The van der Waals surface area contributed by atoms with Gasteiger partial charge in [-0.3, -0.25) is 4.79 Å². The molecule has 0 spiro atoms. The number of Topliss-reactive ketones (excluding diaryl/α,β-unsaturated/α-hetero) is 1. The summed E-state index contributed by atoms with van der Waals surface area (Å²) in [5.41, 5.74) is -0.0575. The maximum absolute atomic E-state index is 11.7. The topological polar surface area (TPSA) is 49.3 Å². The van der Waals surface area contributed by atoms with Gasteiger partial charge in [-0.25, -0.2) is 0 Å². The minimum atomic E-state index is -0.267. The van der Waals surface area contributed by atoms with Gasteiger partial charge in [-0.15, -0.1) is 5.21 Å². The zero-order chi connectivity index (χ0) is 9.85. The minimum Gasteiger partial charge on any atom is -0.292 e. The summed E-state index contributed by atoms with van der Waals surface area (Å²) in [4.78, 5) is 11.7. The van der Waals surface area contributed by atoms with Crippen molar-refractivity contribution in [2.45, 2.75) is 33.6 Å². The average molecular weight is 180 g/mol. The lowest BCUT2D eigenvalue weighted by atomic mass is 9.70. The van der Waals surface area contributed by atoms with Crippen LogP contribution in [0.1, 0.15) is 33.6 Å². The van der Waals surface area contributed by atoms with Gasteiger partial charge in [0.2, 0.25) is 0 Å². The lowest BCUT2D eigenvalue weighted by molar-refractivity contribution is -0.117. The Balaban J connectivity index is 2.59. The van der Waals surface area contributed by atoms with Crippen LogP contribution < -0.4 is 0 Å². The van der Waals surface area contributed by atoms with E-state index in [9.17, 15) is 10.0 Å². The van der Waals surface area contributed by atoms with Crippen LogP contribution in [0.15, 0.2) is 5.16 Å². The SMILES string of the molecule is CC1(C)[C@@H]2CC[C@@]1(C)/C(=N\[O])C2=O. The number of hydrogen-bond donors (Lipinski definition) is 0. The predicted molar refractivity (Wildman–Crippen MR) is 47.7 cm³/mol. The lowest BCUT2D eigenvalue weighted by Gasteiger charge is -2.32. The molecule has 3 heteroatoms. The molecule has 0 aromatic heterocycles. The molecular formula is C10H14NO2. The Bertz CT molecular complexity index is 306. The molecule has 2 aliphatic carbocycles. The van der Waals surface area contributed by atoms with Crippen LogP contribution in [-0.4, -0.2) is 11.5 Å². The Kier molecular flexibility index (Phi) is 1.44. The van der Waals surface area contributed by atoms with Crippen LogP contribution in [-0.2, 0) is 10.0 Å². The normalized spacial score (nSPS) is 44.7. The Labute approximate surface area is 77.8 Å². The molecule has 71 valence electrons. The van der Waals surface area contributed by atoms with Crippen LogP contribution in [0.3, 0.4) is 0 Å². The molecule has 1 radical (unpaired) electrons. The average Bonchev–Trinajstić information content (AvgIpc) is 2.32. The Morgan fingerprint density at radius 3 is 2.31 bits per heavy atom. The number of rotatable bonds is 0. The van der Waals surface area contributed by atoms with Crippen LogP contribution in [0.4, 0.5) is 0 Å². The molecule has 2 atom stereocenters. The third kappa shape index (κ3) is 0.713. The predicted octanol–water partition coefficient (Wildman–Crippen LogP) is 1.80. The molecule has 0 aromatic carbocycles. The Morgan fingerprint density at radius 2 is 2.00 bits per heavy atom.